The number of halogens is 1. The molecule has 158 valence electrons. The molecule has 0 radical (unpaired) electrons. The van der Waals surface area contributed by atoms with Gasteiger partial charge in [-0.2, -0.15) is 0 Å². The van der Waals surface area contributed by atoms with Gasteiger partial charge < -0.3 is 20.5 Å². The molecule has 3 aromatic carbocycles. The fourth-order valence-corrected chi connectivity index (χ4v) is 3.86. The molecular formula is C24H21FN2O4. The highest BCUT2D eigenvalue weighted by Gasteiger charge is 2.51. The van der Waals surface area contributed by atoms with Crippen molar-refractivity contribution in [1.29, 1.82) is 0 Å². The van der Waals surface area contributed by atoms with Crippen molar-refractivity contribution in [3.05, 3.63) is 77.6 Å². The number of anilines is 1. The lowest BCUT2D eigenvalue weighted by atomic mass is 9.94. The first-order valence-electron chi connectivity index (χ1n) is 9.88. The normalized spacial score (nSPS) is 15.4. The average Bonchev–Trinajstić information content (AvgIpc) is 3.46. The third-order valence-electron chi connectivity index (χ3n) is 5.80. The molecule has 7 heteroatoms. The van der Waals surface area contributed by atoms with Crippen LogP contribution in [0.5, 0.6) is 11.5 Å². The lowest BCUT2D eigenvalue weighted by molar-refractivity contribution is -0.118. The number of hydrogen-bond donors (Lipinski definition) is 2. The van der Waals surface area contributed by atoms with Crippen molar-refractivity contribution in [3.63, 3.8) is 0 Å². The molecule has 0 spiro atoms. The molecular weight excluding hydrogens is 399 g/mol. The summed E-state index contributed by atoms with van der Waals surface area (Å²) in [5, 5.41) is 2.75. The highest BCUT2D eigenvalue weighted by molar-refractivity contribution is 6.02. The Morgan fingerprint density at radius 2 is 1.74 bits per heavy atom. The van der Waals surface area contributed by atoms with Gasteiger partial charge in [-0.15, -0.1) is 0 Å². The van der Waals surface area contributed by atoms with Gasteiger partial charge >= 0.3 is 0 Å². The fourth-order valence-electron chi connectivity index (χ4n) is 3.86. The van der Waals surface area contributed by atoms with Gasteiger partial charge in [0.25, 0.3) is 0 Å². The SMILES string of the molecule is NC(=O)c1cccc(-c2ccc(F)c(NC(=O)C3(c4ccc5c(c4)OCO5)CC3)c2)c1.[HH]. The van der Waals surface area contributed by atoms with Crippen molar-refractivity contribution < 1.29 is 24.9 Å². The van der Waals surface area contributed by atoms with Gasteiger partial charge in [0, 0.05) is 6.99 Å². The van der Waals surface area contributed by atoms with Crippen LogP contribution in [0.25, 0.3) is 11.1 Å². The maximum absolute atomic E-state index is 14.5. The minimum Gasteiger partial charge on any atom is -0.454 e. The molecule has 3 N–H and O–H groups in total. The lowest BCUT2D eigenvalue weighted by Crippen LogP contribution is -2.28. The number of hydrogen-bond acceptors (Lipinski definition) is 4. The minimum atomic E-state index is -0.713. The monoisotopic (exact) mass is 420 g/mol. The van der Waals surface area contributed by atoms with E-state index in [0.717, 1.165) is 5.56 Å². The molecule has 1 heterocycles. The number of primary amides is 1. The van der Waals surface area contributed by atoms with Gasteiger partial charge in [0.2, 0.25) is 18.6 Å². The van der Waals surface area contributed by atoms with E-state index in [1.807, 2.05) is 12.1 Å². The molecule has 0 aromatic heterocycles. The lowest BCUT2D eigenvalue weighted by Gasteiger charge is -2.17. The number of nitrogens with two attached hydrogens (primary N) is 1. The van der Waals surface area contributed by atoms with Gasteiger partial charge in [0.1, 0.15) is 5.82 Å². The van der Waals surface area contributed by atoms with E-state index < -0.39 is 17.1 Å². The fraction of sp³-hybridized carbons (Fsp3) is 0.167. The maximum atomic E-state index is 14.5. The van der Waals surface area contributed by atoms with Gasteiger partial charge in [-0.25, -0.2) is 4.39 Å². The van der Waals surface area contributed by atoms with E-state index in [4.69, 9.17) is 15.2 Å². The second kappa shape index (κ2) is 7.12. The first-order chi connectivity index (χ1) is 15.0. The van der Waals surface area contributed by atoms with Crippen molar-refractivity contribution in [2.75, 3.05) is 12.1 Å². The van der Waals surface area contributed by atoms with Crippen LogP contribution in [0.4, 0.5) is 10.1 Å². The minimum absolute atomic E-state index is 0. The summed E-state index contributed by atoms with van der Waals surface area (Å²) in [6.07, 6.45) is 1.33. The highest BCUT2D eigenvalue weighted by atomic mass is 19.1. The van der Waals surface area contributed by atoms with Gasteiger partial charge in [-0.3, -0.25) is 9.59 Å². The zero-order chi connectivity index (χ0) is 21.6. The largest absolute Gasteiger partial charge is 0.454 e. The summed E-state index contributed by atoms with van der Waals surface area (Å²) in [6, 6.07) is 16.6. The number of carbonyl (C=O) groups is 2. The van der Waals surface area contributed by atoms with Gasteiger partial charge in [-0.1, -0.05) is 24.3 Å². The molecule has 31 heavy (non-hydrogen) atoms. The van der Waals surface area contributed by atoms with E-state index in [0.29, 0.717) is 41.0 Å². The Balaban J connectivity index is 0.00000245. The third kappa shape index (κ3) is 3.38. The molecule has 1 aliphatic heterocycles. The second-order valence-electron chi connectivity index (χ2n) is 7.74. The van der Waals surface area contributed by atoms with Gasteiger partial charge in [-0.05, 0) is 65.9 Å². The molecule has 0 atom stereocenters. The van der Waals surface area contributed by atoms with E-state index >= 15 is 0 Å². The molecule has 1 fully saturated rings. The first kappa shape index (κ1) is 19.1. The second-order valence-corrected chi connectivity index (χ2v) is 7.74. The number of ether oxygens (including phenoxy) is 2. The number of fused-ring (bicyclic) bond motifs is 1. The molecule has 0 bridgehead atoms. The molecule has 0 unspecified atom stereocenters. The van der Waals surface area contributed by atoms with Crippen LogP contribution in [0.3, 0.4) is 0 Å². The van der Waals surface area contributed by atoms with E-state index in [1.54, 1.807) is 42.5 Å². The molecule has 0 saturated heterocycles. The number of carbonyl (C=O) groups excluding carboxylic acids is 2. The zero-order valence-corrected chi connectivity index (χ0v) is 16.5. The summed E-state index contributed by atoms with van der Waals surface area (Å²) in [5.74, 6) is -0.0918. The van der Waals surface area contributed by atoms with Crippen LogP contribution >= 0.6 is 0 Å². The van der Waals surface area contributed by atoms with Gasteiger partial charge in [0.15, 0.2) is 11.5 Å². The summed E-state index contributed by atoms with van der Waals surface area (Å²) < 4.78 is 25.3. The predicted octanol–water partition coefficient (Wildman–Crippen LogP) is 4.24. The summed E-state index contributed by atoms with van der Waals surface area (Å²) in [7, 11) is 0. The third-order valence-corrected chi connectivity index (χ3v) is 5.80. The Bertz CT molecular complexity index is 1230. The quantitative estimate of drug-likeness (QED) is 0.646. The van der Waals surface area contributed by atoms with E-state index in [1.165, 1.54) is 6.07 Å². The van der Waals surface area contributed by atoms with Crippen LogP contribution in [0.15, 0.2) is 60.7 Å². The Hall–Kier alpha value is -3.87. The highest BCUT2D eigenvalue weighted by Crippen LogP contribution is 2.51. The van der Waals surface area contributed by atoms with Crippen molar-refractivity contribution in [2.24, 2.45) is 5.73 Å². The molecule has 6 nitrogen and oxygen atoms in total. The van der Waals surface area contributed by atoms with Crippen molar-refractivity contribution in [2.45, 2.75) is 18.3 Å². The molecule has 1 saturated carbocycles. The van der Waals surface area contributed by atoms with E-state index in [9.17, 15) is 14.0 Å². The van der Waals surface area contributed by atoms with Gasteiger partial charge in [0.05, 0.1) is 11.1 Å². The van der Waals surface area contributed by atoms with Crippen molar-refractivity contribution in [1.82, 2.24) is 0 Å². The first-order valence-corrected chi connectivity index (χ1v) is 9.88. The average molecular weight is 420 g/mol. The van der Waals surface area contributed by atoms with Crippen LogP contribution < -0.4 is 20.5 Å². The standard InChI is InChI=1S/C24H19FN2O4.H2/c25-18-6-4-15(14-2-1-3-16(10-14)22(26)28)11-19(18)27-23(29)24(8-9-24)17-5-7-20-21(12-17)31-13-30-20;/h1-7,10-12H,8-9,13H2,(H2,26,28)(H,27,29);1H. The van der Waals surface area contributed by atoms with E-state index in [-0.39, 0.29) is 19.8 Å². The van der Waals surface area contributed by atoms with Crippen LogP contribution in [0.1, 0.15) is 30.2 Å². The molecule has 2 amide bonds. The number of rotatable bonds is 5. The molecule has 2 aliphatic rings. The maximum Gasteiger partial charge on any atom is 0.248 e. The van der Waals surface area contributed by atoms with Crippen LogP contribution in [-0.2, 0) is 10.2 Å². The summed E-state index contributed by atoms with van der Waals surface area (Å²) in [4.78, 5) is 24.6. The Kier molecular flexibility index (Phi) is 4.39. The van der Waals surface area contributed by atoms with E-state index in [2.05, 4.69) is 5.32 Å². The molecule has 3 aromatic rings. The molecule has 1 aliphatic carbocycles. The van der Waals surface area contributed by atoms with Crippen LogP contribution in [0.2, 0.25) is 0 Å². The summed E-state index contributed by atoms with van der Waals surface area (Å²) >= 11 is 0. The van der Waals surface area contributed by atoms with Crippen molar-refractivity contribution in [3.8, 4) is 22.6 Å². The number of benzene rings is 3. The predicted molar refractivity (Wildman–Crippen MR) is 115 cm³/mol. The van der Waals surface area contributed by atoms with Crippen LogP contribution in [-0.4, -0.2) is 18.6 Å². The number of nitrogens with one attached hydrogen (secondary N) is 1. The number of amides is 2. The Labute approximate surface area is 179 Å². The molecule has 5 rings (SSSR count). The Morgan fingerprint density at radius 1 is 0.968 bits per heavy atom. The topological polar surface area (TPSA) is 90.7 Å². The van der Waals surface area contributed by atoms with Crippen molar-refractivity contribution >= 4 is 17.5 Å². The summed E-state index contributed by atoms with van der Waals surface area (Å²) in [5.41, 5.74) is 7.25. The Morgan fingerprint density at radius 3 is 2.52 bits per heavy atom. The smallest absolute Gasteiger partial charge is 0.248 e. The summed E-state index contributed by atoms with van der Waals surface area (Å²) in [6.45, 7) is 0.160. The zero-order valence-electron chi connectivity index (χ0n) is 16.5. The van der Waals surface area contributed by atoms with Crippen LogP contribution in [0, 0.1) is 5.82 Å².